The Morgan fingerprint density at radius 2 is 1.68 bits per heavy atom. The number of esters is 1. The van der Waals surface area contributed by atoms with Gasteiger partial charge in [-0.05, 0) is 38.1 Å². The molecule has 0 saturated carbocycles. The molecule has 1 aliphatic heterocycles. The molecule has 1 heterocycles. The number of piperazine rings is 1. The quantitative estimate of drug-likeness (QED) is 0.832. The van der Waals surface area contributed by atoms with Gasteiger partial charge in [0, 0.05) is 25.2 Å². The Morgan fingerprint density at radius 1 is 1.18 bits per heavy atom. The SMILES string of the molecule is COC(=O)c1ccc(S(=O)(=O)N2CC(C)NC(C)C2)cc1.Cl. The third-order valence-corrected chi connectivity index (χ3v) is 5.28. The number of carbonyl (C=O) groups excluding carboxylic acids is 1. The normalized spacial score (nSPS) is 22.7. The second kappa shape index (κ2) is 7.41. The maximum atomic E-state index is 12.6. The summed E-state index contributed by atoms with van der Waals surface area (Å²) >= 11 is 0. The van der Waals surface area contributed by atoms with E-state index in [4.69, 9.17) is 0 Å². The Hall–Kier alpha value is -1.15. The maximum absolute atomic E-state index is 12.6. The Morgan fingerprint density at radius 3 is 2.14 bits per heavy atom. The predicted octanol–water partition coefficient (Wildman–Crippen LogP) is 1.27. The number of ether oxygens (including phenoxy) is 1. The van der Waals surface area contributed by atoms with Crippen LogP contribution < -0.4 is 5.32 Å². The van der Waals surface area contributed by atoms with Crippen LogP contribution in [0.5, 0.6) is 0 Å². The van der Waals surface area contributed by atoms with E-state index in [1.54, 1.807) is 0 Å². The molecular weight excluding hydrogens is 328 g/mol. The first-order chi connectivity index (χ1) is 9.84. The molecule has 0 bridgehead atoms. The van der Waals surface area contributed by atoms with Gasteiger partial charge >= 0.3 is 5.97 Å². The lowest BCUT2D eigenvalue weighted by Crippen LogP contribution is -2.55. The van der Waals surface area contributed by atoms with Gasteiger partial charge in [0.15, 0.2) is 0 Å². The minimum absolute atomic E-state index is 0. The Kier molecular flexibility index (Phi) is 6.37. The number of sulfonamides is 1. The molecule has 1 N–H and O–H groups in total. The van der Waals surface area contributed by atoms with E-state index in [1.165, 1.54) is 35.7 Å². The van der Waals surface area contributed by atoms with Gasteiger partial charge < -0.3 is 10.1 Å². The number of nitrogens with one attached hydrogen (secondary N) is 1. The lowest BCUT2D eigenvalue weighted by molar-refractivity contribution is 0.0600. The van der Waals surface area contributed by atoms with E-state index in [0.717, 1.165) is 0 Å². The van der Waals surface area contributed by atoms with E-state index in [1.807, 2.05) is 13.8 Å². The molecule has 0 aliphatic carbocycles. The summed E-state index contributed by atoms with van der Waals surface area (Å²) in [7, 11) is -2.25. The topological polar surface area (TPSA) is 75.7 Å². The highest BCUT2D eigenvalue weighted by Gasteiger charge is 2.31. The molecule has 1 fully saturated rings. The van der Waals surface area contributed by atoms with Crippen molar-refractivity contribution in [1.82, 2.24) is 9.62 Å². The number of nitrogens with zero attached hydrogens (tertiary/aromatic N) is 1. The van der Waals surface area contributed by atoms with Crippen LogP contribution in [0.2, 0.25) is 0 Å². The van der Waals surface area contributed by atoms with Crippen LogP contribution in [-0.2, 0) is 14.8 Å². The first-order valence-electron chi connectivity index (χ1n) is 6.79. The molecule has 2 rings (SSSR count). The Balaban J connectivity index is 0.00000242. The van der Waals surface area contributed by atoms with E-state index in [9.17, 15) is 13.2 Å². The molecule has 124 valence electrons. The molecule has 0 amide bonds. The van der Waals surface area contributed by atoms with E-state index in [2.05, 4.69) is 10.1 Å². The zero-order valence-electron chi connectivity index (χ0n) is 12.8. The van der Waals surface area contributed by atoms with Crippen LogP contribution in [0.15, 0.2) is 29.2 Å². The van der Waals surface area contributed by atoms with Crippen LogP contribution in [0.4, 0.5) is 0 Å². The Labute approximate surface area is 137 Å². The summed E-state index contributed by atoms with van der Waals surface area (Å²) < 4.78 is 31.3. The highest BCUT2D eigenvalue weighted by atomic mass is 35.5. The first kappa shape index (κ1) is 18.9. The zero-order valence-corrected chi connectivity index (χ0v) is 14.4. The van der Waals surface area contributed by atoms with Gasteiger partial charge in [-0.2, -0.15) is 4.31 Å². The molecule has 0 spiro atoms. The van der Waals surface area contributed by atoms with E-state index in [0.29, 0.717) is 18.7 Å². The average Bonchev–Trinajstić information content (AvgIpc) is 2.45. The second-order valence-electron chi connectivity index (χ2n) is 5.31. The highest BCUT2D eigenvalue weighted by Crippen LogP contribution is 2.19. The number of halogens is 1. The molecular formula is C14H21ClN2O4S. The summed E-state index contributed by atoms with van der Waals surface area (Å²) in [4.78, 5) is 11.6. The van der Waals surface area contributed by atoms with E-state index >= 15 is 0 Å². The number of methoxy groups -OCH3 is 1. The molecule has 0 radical (unpaired) electrons. The molecule has 1 aliphatic rings. The predicted molar refractivity (Wildman–Crippen MR) is 85.8 cm³/mol. The fourth-order valence-corrected chi connectivity index (χ4v) is 4.12. The summed E-state index contributed by atoms with van der Waals surface area (Å²) in [6.07, 6.45) is 0. The number of hydrogen-bond donors (Lipinski definition) is 1. The minimum Gasteiger partial charge on any atom is -0.465 e. The van der Waals surface area contributed by atoms with Crippen molar-refractivity contribution >= 4 is 28.4 Å². The van der Waals surface area contributed by atoms with Gasteiger partial charge in [0.05, 0.1) is 17.6 Å². The van der Waals surface area contributed by atoms with Crippen molar-refractivity contribution in [2.75, 3.05) is 20.2 Å². The van der Waals surface area contributed by atoms with Gasteiger partial charge in [-0.1, -0.05) is 0 Å². The minimum atomic E-state index is -3.54. The fourth-order valence-electron chi connectivity index (χ4n) is 2.50. The van der Waals surface area contributed by atoms with Gasteiger partial charge in [-0.15, -0.1) is 12.4 Å². The van der Waals surface area contributed by atoms with Crippen molar-refractivity contribution in [2.45, 2.75) is 30.8 Å². The lowest BCUT2D eigenvalue weighted by Gasteiger charge is -2.35. The molecule has 1 saturated heterocycles. The second-order valence-corrected chi connectivity index (χ2v) is 7.24. The van der Waals surface area contributed by atoms with Crippen molar-refractivity contribution < 1.29 is 17.9 Å². The fraction of sp³-hybridized carbons (Fsp3) is 0.500. The maximum Gasteiger partial charge on any atom is 0.337 e. The molecule has 8 heteroatoms. The number of rotatable bonds is 3. The van der Waals surface area contributed by atoms with Gasteiger partial charge in [0.1, 0.15) is 0 Å². The third kappa shape index (κ3) is 3.98. The van der Waals surface area contributed by atoms with Crippen LogP contribution in [0.1, 0.15) is 24.2 Å². The van der Waals surface area contributed by atoms with Crippen molar-refractivity contribution in [3.63, 3.8) is 0 Å². The van der Waals surface area contributed by atoms with Crippen LogP contribution in [-0.4, -0.2) is 51.0 Å². The standard InChI is InChI=1S/C14H20N2O4S.ClH/c1-10-8-16(9-11(2)15-10)21(18,19)13-6-4-12(5-7-13)14(17)20-3;/h4-7,10-11,15H,8-9H2,1-3H3;1H. The van der Waals surface area contributed by atoms with Crippen molar-refractivity contribution in [3.8, 4) is 0 Å². The van der Waals surface area contributed by atoms with Crippen molar-refractivity contribution in [1.29, 1.82) is 0 Å². The average molecular weight is 349 g/mol. The summed E-state index contributed by atoms with van der Waals surface area (Å²) in [6.45, 7) is 4.79. The number of carbonyl (C=O) groups is 1. The summed E-state index contributed by atoms with van der Waals surface area (Å²) in [6, 6.07) is 6.04. The Bertz CT molecular complexity index is 608. The van der Waals surface area contributed by atoms with Gasteiger partial charge in [-0.25, -0.2) is 13.2 Å². The largest absolute Gasteiger partial charge is 0.465 e. The molecule has 6 nitrogen and oxygen atoms in total. The van der Waals surface area contributed by atoms with Crippen LogP contribution in [0.3, 0.4) is 0 Å². The smallest absolute Gasteiger partial charge is 0.337 e. The monoisotopic (exact) mass is 348 g/mol. The summed E-state index contributed by atoms with van der Waals surface area (Å²) in [5.74, 6) is -0.483. The number of hydrogen-bond acceptors (Lipinski definition) is 5. The van der Waals surface area contributed by atoms with Gasteiger partial charge in [-0.3, -0.25) is 0 Å². The zero-order chi connectivity index (χ0) is 15.6. The van der Waals surface area contributed by atoms with Crippen LogP contribution >= 0.6 is 12.4 Å². The molecule has 2 unspecified atom stereocenters. The number of benzene rings is 1. The van der Waals surface area contributed by atoms with Crippen LogP contribution in [0, 0.1) is 0 Å². The molecule has 0 aromatic heterocycles. The van der Waals surface area contributed by atoms with Crippen molar-refractivity contribution in [2.24, 2.45) is 0 Å². The van der Waals surface area contributed by atoms with Crippen LogP contribution in [0.25, 0.3) is 0 Å². The molecule has 22 heavy (non-hydrogen) atoms. The third-order valence-electron chi connectivity index (χ3n) is 3.44. The van der Waals surface area contributed by atoms with E-state index in [-0.39, 0.29) is 29.4 Å². The van der Waals surface area contributed by atoms with Gasteiger partial charge in [0.25, 0.3) is 0 Å². The first-order valence-corrected chi connectivity index (χ1v) is 8.23. The summed E-state index contributed by atoms with van der Waals surface area (Å²) in [5.41, 5.74) is 0.332. The molecule has 1 aromatic carbocycles. The molecule has 2 atom stereocenters. The van der Waals surface area contributed by atoms with E-state index < -0.39 is 16.0 Å². The summed E-state index contributed by atoms with van der Waals surface area (Å²) in [5, 5.41) is 3.30. The van der Waals surface area contributed by atoms with Gasteiger partial charge in [0.2, 0.25) is 10.0 Å². The molecule has 1 aromatic rings. The van der Waals surface area contributed by atoms with Crippen molar-refractivity contribution in [3.05, 3.63) is 29.8 Å². The lowest BCUT2D eigenvalue weighted by atomic mass is 10.2. The highest BCUT2D eigenvalue weighted by molar-refractivity contribution is 7.89.